The van der Waals surface area contributed by atoms with Crippen molar-refractivity contribution in [2.45, 2.75) is 23.1 Å². The lowest BCUT2D eigenvalue weighted by Gasteiger charge is -2.31. The number of benzene rings is 3. The van der Waals surface area contributed by atoms with Gasteiger partial charge in [-0.1, -0.05) is 57.2 Å². The lowest BCUT2D eigenvalue weighted by Crippen LogP contribution is -2.32. The molecule has 4 aromatic rings. The van der Waals surface area contributed by atoms with Crippen molar-refractivity contribution in [3.8, 4) is 5.75 Å². The van der Waals surface area contributed by atoms with E-state index in [4.69, 9.17) is 4.74 Å². The molecular weight excluding hydrogens is 633 g/mol. The number of anilines is 2. The molecule has 2 N–H and O–H groups in total. The van der Waals surface area contributed by atoms with Crippen LogP contribution in [0, 0.1) is 18.7 Å². The highest BCUT2D eigenvalue weighted by Gasteiger charge is 2.56. The summed E-state index contributed by atoms with van der Waals surface area (Å²) in [5, 5.41) is 2.52. The molecule has 0 saturated carbocycles. The Morgan fingerprint density at radius 1 is 1.07 bits per heavy atom. The second-order valence-corrected chi connectivity index (χ2v) is 12.7. The van der Waals surface area contributed by atoms with Crippen LogP contribution >= 0.6 is 39.0 Å². The number of hydrogen-bond donors (Lipinski definition) is 2. The third-order valence-corrected chi connectivity index (χ3v) is 9.89. The Balaban J connectivity index is 1.37. The Bertz CT molecular complexity index is 1760. The van der Waals surface area contributed by atoms with Gasteiger partial charge in [0.05, 0.1) is 16.6 Å². The first-order valence-electron chi connectivity index (χ1n) is 12.5. The smallest absolute Gasteiger partial charge is 0.305 e. The number of para-hydroxylation sites is 1. The number of thioether (sulfide) groups is 1. The minimum atomic E-state index is -0.867. The van der Waals surface area contributed by atoms with Crippen molar-refractivity contribution >= 4 is 68.1 Å². The van der Waals surface area contributed by atoms with E-state index in [2.05, 4.69) is 26.2 Å². The summed E-state index contributed by atoms with van der Waals surface area (Å²) in [6, 6.07) is 17.8. The second-order valence-electron chi connectivity index (χ2n) is 9.57. The van der Waals surface area contributed by atoms with Gasteiger partial charge in [-0.05, 0) is 61.0 Å². The molecule has 2 aliphatic heterocycles. The number of aromatic nitrogens is 1. The Morgan fingerprint density at radius 3 is 2.59 bits per heavy atom. The zero-order chi connectivity index (χ0) is 28.8. The van der Waals surface area contributed by atoms with Crippen molar-refractivity contribution < 1.29 is 23.5 Å². The molecular formula is C29H21BrFN3O5S2. The van der Waals surface area contributed by atoms with Gasteiger partial charge in [0.25, 0.3) is 5.91 Å². The molecule has 1 aromatic heterocycles. The molecule has 3 amide bonds. The van der Waals surface area contributed by atoms with Gasteiger partial charge in [0.15, 0.2) is 6.61 Å². The van der Waals surface area contributed by atoms with Crippen LogP contribution in [0.1, 0.15) is 21.9 Å². The number of nitrogens with one attached hydrogen (secondary N) is 2. The van der Waals surface area contributed by atoms with E-state index in [1.165, 1.54) is 24.3 Å². The van der Waals surface area contributed by atoms with Crippen LogP contribution in [0.3, 0.4) is 0 Å². The van der Waals surface area contributed by atoms with Gasteiger partial charge in [0.1, 0.15) is 16.8 Å². The number of ether oxygens (including phenoxy) is 1. The van der Waals surface area contributed by atoms with E-state index in [1.807, 2.05) is 25.1 Å². The summed E-state index contributed by atoms with van der Waals surface area (Å²) >= 11 is 5.61. The lowest BCUT2D eigenvalue weighted by atomic mass is 9.82. The molecule has 1 fully saturated rings. The molecule has 0 radical (unpaired) electrons. The van der Waals surface area contributed by atoms with Crippen molar-refractivity contribution in [1.82, 2.24) is 4.98 Å². The largest absolute Gasteiger partial charge is 0.483 e. The highest BCUT2D eigenvalue weighted by molar-refractivity contribution is 9.10. The number of carbonyl (C=O) groups is 3. The van der Waals surface area contributed by atoms with Gasteiger partial charge in [-0.2, -0.15) is 0 Å². The van der Waals surface area contributed by atoms with Crippen LogP contribution in [0.25, 0.3) is 0 Å². The fourth-order valence-corrected chi connectivity index (χ4v) is 8.02. The van der Waals surface area contributed by atoms with Gasteiger partial charge < -0.3 is 15.0 Å². The molecule has 0 bridgehead atoms. The third kappa shape index (κ3) is 5.11. The third-order valence-electron chi connectivity index (χ3n) is 6.99. The van der Waals surface area contributed by atoms with Crippen LogP contribution in [0.4, 0.5) is 15.8 Å². The SMILES string of the molecule is Cc1ccccc1NC(=O)COc1ccc(Br)cc1[C@H]1c2sc(=O)[nH]c2SC2C(=O)N(c3ccc(F)cc3)C(=O)C21. The molecule has 6 rings (SSSR count). The van der Waals surface area contributed by atoms with Crippen LogP contribution in [-0.2, 0) is 14.4 Å². The zero-order valence-corrected chi connectivity index (χ0v) is 24.6. The van der Waals surface area contributed by atoms with Crippen LogP contribution < -0.4 is 19.8 Å². The molecule has 41 heavy (non-hydrogen) atoms. The molecule has 3 heterocycles. The maximum atomic E-state index is 13.9. The lowest BCUT2D eigenvalue weighted by molar-refractivity contribution is -0.122. The monoisotopic (exact) mass is 653 g/mol. The average molecular weight is 655 g/mol. The minimum Gasteiger partial charge on any atom is -0.483 e. The number of carbonyl (C=O) groups excluding carboxylic acids is 3. The first-order chi connectivity index (χ1) is 19.7. The van der Waals surface area contributed by atoms with Crippen molar-refractivity contribution in [2.75, 3.05) is 16.8 Å². The van der Waals surface area contributed by atoms with E-state index in [0.29, 0.717) is 31.4 Å². The number of rotatable bonds is 6. The molecule has 2 aliphatic rings. The summed E-state index contributed by atoms with van der Waals surface area (Å²) in [7, 11) is 0. The Morgan fingerprint density at radius 2 is 1.83 bits per heavy atom. The number of thiazole rings is 1. The van der Waals surface area contributed by atoms with Crippen molar-refractivity contribution in [3.05, 3.63) is 103 Å². The number of H-pyrrole nitrogens is 1. The van der Waals surface area contributed by atoms with Gasteiger partial charge in [-0.3, -0.25) is 19.2 Å². The maximum Gasteiger partial charge on any atom is 0.305 e. The van der Waals surface area contributed by atoms with E-state index in [0.717, 1.165) is 33.6 Å². The predicted molar refractivity (Wildman–Crippen MR) is 158 cm³/mol. The van der Waals surface area contributed by atoms with Crippen molar-refractivity contribution in [2.24, 2.45) is 5.92 Å². The Hall–Kier alpha value is -3.74. The number of nitrogens with zero attached hydrogens (tertiary/aromatic N) is 1. The van der Waals surface area contributed by atoms with Crippen LogP contribution in [-0.4, -0.2) is 34.6 Å². The summed E-state index contributed by atoms with van der Waals surface area (Å²) in [5.41, 5.74) is 2.39. The molecule has 0 aliphatic carbocycles. The number of aromatic amines is 1. The predicted octanol–water partition coefficient (Wildman–Crippen LogP) is 5.46. The number of fused-ring (bicyclic) bond motifs is 2. The summed E-state index contributed by atoms with van der Waals surface area (Å²) < 4.78 is 20.3. The number of hydrogen-bond acceptors (Lipinski definition) is 7. The van der Waals surface area contributed by atoms with Gasteiger partial charge in [0, 0.05) is 26.5 Å². The molecule has 12 heteroatoms. The summed E-state index contributed by atoms with van der Waals surface area (Å²) in [6.45, 7) is 1.58. The number of imide groups is 1. The summed E-state index contributed by atoms with van der Waals surface area (Å²) in [5.74, 6) is -3.00. The fraction of sp³-hybridized carbons (Fsp3) is 0.172. The van der Waals surface area contributed by atoms with Crippen molar-refractivity contribution in [3.63, 3.8) is 0 Å². The van der Waals surface area contributed by atoms with Gasteiger partial charge in [-0.15, -0.1) is 0 Å². The second kappa shape index (κ2) is 10.9. The summed E-state index contributed by atoms with van der Waals surface area (Å²) in [4.78, 5) is 56.9. The number of amides is 3. The Labute approximate surface area is 250 Å². The van der Waals surface area contributed by atoms with Crippen LogP contribution in [0.15, 0.2) is 81.0 Å². The van der Waals surface area contributed by atoms with E-state index < -0.39 is 34.7 Å². The highest BCUT2D eigenvalue weighted by Crippen LogP contribution is 2.54. The topological polar surface area (TPSA) is 109 Å². The standard InChI is InChI=1S/C29H21BrFN3O5S2/c1-14-4-2-3-5-19(14)32-21(35)13-39-20-11-6-15(30)12-18(20)22-23-25(40-26-24(22)41-29(38)33-26)28(37)34(27(23)36)17-9-7-16(31)8-10-17/h2-12,22-23,25H,13H2,1H3,(H,32,35)(H,33,38)/t22-,23?,25?/m1/s1. The van der Waals surface area contributed by atoms with Crippen LogP contribution in [0.5, 0.6) is 5.75 Å². The Kier molecular flexibility index (Phi) is 7.30. The highest BCUT2D eigenvalue weighted by atomic mass is 79.9. The van der Waals surface area contributed by atoms with E-state index >= 15 is 0 Å². The normalized spacial score (nSPS) is 19.6. The quantitative estimate of drug-likeness (QED) is 0.268. The van der Waals surface area contributed by atoms with E-state index in [1.54, 1.807) is 24.3 Å². The van der Waals surface area contributed by atoms with Gasteiger partial charge >= 0.3 is 4.87 Å². The first kappa shape index (κ1) is 27.4. The molecule has 3 atom stereocenters. The molecule has 2 unspecified atom stereocenters. The van der Waals surface area contributed by atoms with Crippen molar-refractivity contribution in [1.29, 1.82) is 0 Å². The van der Waals surface area contributed by atoms with Gasteiger partial charge in [0.2, 0.25) is 11.8 Å². The number of aryl methyl sites for hydroxylation is 1. The molecule has 8 nitrogen and oxygen atoms in total. The van der Waals surface area contributed by atoms with Crippen LogP contribution in [0.2, 0.25) is 0 Å². The zero-order valence-electron chi connectivity index (χ0n) is 21.4. The molecule has 1 saturated heterocycles. The molecule has 0 spiro atoms. The fourth-order valence-electron chi connectivity index (χ4n) is 5.13. The molecule has 3 aromatic carbocycles. The van der Waals surface area contributed by atoms with Gasteiger partial charge in [-0.25, -0.2) is 9.29 Å². The average Bonchev–Trinajstić information content (AvgIpc) is 3.44. The summed E-state index contributed by atoms with van der Waals surface area (Å²) in [6.07, 6.45) is 0. The maximum absolute atomic E-state index is 13.9. The minimum absolute atomic E-state index is 0.269. The first-order valence-corrected chi connectivity index (χ1v) is 15.0. The van der Waals surface area contributed by atoms with E-state index in [-0.39, 0.29) is 23.1 Å². The number of halogens is 2. The van der Waals surface area contributed by atoms with E-state index in [9.17, 15) is 23.6 Å². The molecule has 208 valence electrons.